The zero-order valence-corrected chi connectivity index (χ0v) is 19.7. The zero-order chi connectivity index (χ0) is 22.9. The van der Waals surface area contributed by atoms with Crippen LogP contribution >= 0.6 is 23.2 Å². The van der Waals surface area contributed by atoms with Crippen molar-refractivity contribution in [3.8, 4) is 11.5 Å². The monoisotopic (exact) mass is 480 g/mol. The molecule has 1 N–H and O–H groups in total. The predicted octanol–water partition coefficient (Wildman–Crippen LogP) is 5.85. The van der Waals surface area contributed by atoms with Gasteiger partial charge in [0, 0.05) is 16.5 Å². The number of halogens is 2. The van der Waals surface area contributed by atoms with E-state index in [-0.39, 0.29) is 6.04 Å². The number of hydrogen-bond donors (Lipinski definition) is 1. The van der Waals surface area contributed by atoms with Crippen LogP contribution in [0.15, 0.2) is 65.8 Å². The van der Waals surface area contributed by atoms with Crippen LogP contribution in [0.25, 0.3) is 11.0 Å². The molecule has 4 aromatic rings. The van der Waals surface area contributed by atoms with E-state index in [0.29, 0.717) is 34.5 Å². The third-order valence-electron chi connectivity index (χ3n) is 5.82. The van der Waals surface area contributed by atoms with Crippen LogP contribution in [0.1, 0.15) is 29.4 Å². The van der Waals surface area contributed by atoms with E-state index in [4.69, 9.17) is 37.7 Å². The first-order valence-corrected chi connectivity index (χ1v) is 11.3. The average Bonchev–Trinajstić information content (AvgIpc) is 3.45. The summed E-state index contributed by atoms with van der Waals surface area (Å²) in [5.74, 6) is 2.20. The van der Waals surface area contributed by atoms with E-state index in [9.17, 15) is 0 Å². The summed E-state index contributed by atoms with van der Waals surface area (Å²) in [5.41, 5.74) is 8.11. The summed E-state index contributed by atoms with van der Waals surface area (Å²) >= 11 is 12.6. The summed E-state index contributed by atoms with van der Waals surface area (Å²) in [7, 11) is 3.26. The second-order valence-electron chi connectivity index (χ2n) is 7.80. The summed E-state index contributed by atoms with van der Waals surface area (Å²) in [6.45, 7) is 0.561. The van der Waals surface area contributed by atoms with Crippen molar-refractivity contribution >= 4 is 39.9 Å². The van der Waals surface area contributed by atoms with E-state index < -0.39 is 0 Å². The van der Waals surface area contributed by atoms with E-state index in [0.717, 1.165) is 33.7 Å². The first-order chi connectivity index (χ1) is 16.1. The topological polar surface area (TPSA) is 60.7 Å². The van der Waals surface area contributed by atoms with E-state index in [2.05, 4.69) is 21.2 Å². The van der Waals surface area contributed by atoms with Gasteiger partial charge >= 0.3 is 0 Å². The van der Waals surface area contributed by atoms with Gasteiger partial charge in [-0.2, -0.15) is 5.10 Å². The van der Waals surface area contributed by atoms with Crippen molar-refractivity contribution in [2.45, 2.75) is 19.0 Å². The van der Waals surface area contributed by atoms with Crippen LogP contribution in [-0.4, -0.2) is 29.5 Å². The maximum absolute atomic E-state index is 6.48. The molecule has 0 aliphatic carbocycles. The molecule has 1 aromatic heterocycles. The number of methoxy groups -OCH3 is 2. The third-order valence-corrected chi connectivity index (χ3v) is 6.41. The number of ether oxygens (including phenoxy) is 2. The lowest BCUT2D eigenvalue weighted by Gasteiger charge is -2.14. The standard InChI is InChI=1S/C25H22Cl2N4O2/c1-32-23-10-8-15(11-24(23)33-2)20-13-21(30-29-20)25-28-19-5-3-4-6-22(19)31(25)14-16-7-9-17(26)12-18(16)27/h3-12,20,29H,13-14H2,1-2H3/t20-/m0/s1. The van der Waals surface area contributed by atoms with E-state index >= 15 is 0 Å². The first-order valence-electron chi connectivity index (χ1n) is 10.5. The van der Waals surface area contributed by atoms with Crippen molar-refractivity contribution in [1.29, 1.82) is 0 Å². The van der Waals surface area contributed by atoms with Crippen LogP contribution in [0.3, 0.4) is 0 Å². The fraction of sp³-hybridized carbons (Fsp3) is 0.200. The maximum atomic E-state index is 6.48. The molecule has 0 spiro atoms. The molecule has 0 bridgehead atoms. The highest BCUT2D eigenvalue weighted by Crippen LogP contribution is 2.33. The molecule has 0 fully saturated rings. The van der Waals surface area contributed by atoms with E-state index in [1.54, 1.807) is 20.3 Å². The van der Waals surface area contributed by atoms with Gasteiger partial charge in [0.25, 0.3) is 0 Å². The van der Waals surface area contributed by atoms with Gasteiger partial charge in [-0.1, -0.05) is 47.5 Å². The van der Waals surface area contributed by atoms with Gasteiger partial charge < -0.3 is 19.5 Å². The summed E-state index contributed by atoms with van der Waals surface area (Å²) in [5, 5.41) is 5.89. The Morgan fingerprint density at radius 3 is 2.61 bits per heavy atom. The SMILES string of the molecule is COc1ccc([C@@H]2CC(c3nc4ccccc4n3Cc3ccc(Cl)cc3Cl)=NN2)cc1OC. The fourth-order valence-electron chi connectivity index (χ4n) is 4.12. The normalized spacial score (nSPS) is 15.4. The molecule has 168 valence electrons. The number of para-hydroxylation sites is 2. The van der Waals surface area contributed by atoms with Crippen molar-refractivity contribution in [3.63, 3.8) is 0 Å². The molecular formula is C25H22Cl2N4O2. The minimum atomic E-state index is 0.00666. The molecular weight excluding hydrogens is 459 g/mol. The lowest BCUT2D eigenvalue weighted by atomic mass is 10.0. The quantitative estimate of drug-likeness (QED) is 0.376. The zero-order valence-electron chi connectivity index (χ0n) is 18.2. The highest BCUT2D eigenvalue weighted by molar-refractivity contribution is 6.35. The van der Waals surface area contributed by atoms with Crippen LogP contribution < -0.4 is 14.9 Å². The van der Waals surface area contributed by atoms with Crippen LogP contribution in [-0.2, 0) is 6.54 Å². The summed E-state index contributed by atoms with van der Waals surface area (Å²) in [6, 6.07) is 19.5. The Labute approximate surface area is 201 Å². The number of nitrogens with one attached hydrogen (secondary N) is 1. The maximum Gasteiger partial charge on any atom is 0.161 e. The Morgan fingerprint density at radius 2 is 1.82 bits per heavy atom. The number of hydrazone groups is 1. The van der Waals surface area contributed by atoms with Gasteiger partial charge in [-0.3, -0.25) is 0 Å². The number of hydrogen-bond acceptors (Lipinski definition) is 5. The minimum Gasteiger partial charge on any atom is -0.493 e. The summed E-state index contributed by atoms with van der Waals surface area (Å²) < 4.78 is 13.0. The number of nitrogens with zero attached hydrogens (tertiary/aromatic N) is 3. The molecule has 0 radical (unpaired) electrons. The smallest absolute Gasteiger partial charge is 0.161 e. The molecule has 0 amide bonds. The van der Waals surface area contributed by atoms with Crippen LogP contribution in [0.2, 0.25) is 10.0 Å². The van der Waals surface area contributed by atoms with Crippen molar-refractivity contribution in [1.82, 2.24) is 15.0 Å². The van der Waals surface area contributed by atoms with Gasteiger partial charge in [0.1, 0.15) is 5.71 Å². The second-order valence-corrected chi connectivity index (χ2v) is 8.65. The van der Waals surface area contributed by atoms with Gasteiger partial charge in [-0.05, 0) is 47.5 Å². The Bertz CT molecular complexity index is 1370. The Balaban J connectivity index is 1.49. The summed E-state index contributed by atoms with van der Waals surface area (Å²) in [4.78, 5) is 4.91. The Morgan fingerprint density at radius 1 is 1.00 bits per heavy atom. The molecule has 5 rings (SSSR count). The number of aromatic nitrogens is 2. The van der Waals surface area contributed by atoms with E-state index in [1.807, 2.05) is 48.5 Å². The number of benzene rings is 3. The van der Waals surface area contributed by atoms with Gasteiger partial charge in [-0.15, -0.1) is 0 Å². The molecule has 0 unspecified atom stereocenters. The van der Waals surface area contributed by atoms with Gasteiger partial charge in [0.05, 0.1) is 37.8 Å². The van der Waals surface area contributed by atoms with Crippen molar-refractivity contribution in [2.24, 2.45) is 5.10 Å². The lowest BCUT2D eigenvalue weighted by Crippen LogP contribution is -2.13. The van der Waals surface area contributed by atoms with Crippen LogP contribution in [0.5, 0.6) is 11.5 Å². The first kappa shape index (κ1) is 21.6. The van der Waals surface area contributed by atoms with Crippen molar-refractivity contribution in [3.05, 3.63) is 87.7 Å². The molecule has 1 aliphatic rings. The molecule has 6 nitrogen and oxygen atoms in total. The van der Waals surface area contributed by atoms with Gasteiger partial charge in [0.2, 0.25) is 0 Å². The van der Waals surface area contributed by atoms with Crippen molar-refractivity contribution in [2.75, 3.05) is 14.2 Å². The summed E-state index contributed by atoms with van der Waals surface area (Å²) in [6.07, 6.45) is 0.688. The van der Waals surface area contributed by atoms with Crippen molar-refractivity contribution < 1.29 is 9.47 Å². The highest BCUT2D eigenvalue weighted by Gasteiger charge is 2.26. The number of rotatable bonds is 6. The average molecular weight is 481 g/mol. The Kier molecular flexibility index (Phi) is 5.87. The Hall–Kier alpha value is -3.22. The number of fused-ring (bicyclic) bond motifs is 1. The van der Waals surface area contributed by atoms with Crippen LogP contribution in [0, 0.1) is 0 Å². The third kappa shape index (κ3) is 4.12. The number of imidazole rings is 1. The molecule has 3 aromatic carbocycles. The minimum absolute atomic E-state index is 0.00666. The lowest BCUT2D eigenvalue weighted by molar-refractivity contribution is 0.354. The van der Waals surface area contributed by atoms with Gasteiger partial charge in [-0.25, -0.2) is 4.98 Å². The highest BCUT2D eigenvalue weighted by atomic mass is 35.5. The van der Waals surface area contributed by atoms with E-state index in [1.165, 1.54) is 0 Å². The second kappa shape index (κ2) is 8.96. The fourth-order valence-corrected chi connectivity index (χ4v) is 4.59. The predicted molar refractivity (Wildman–Crippen MR) is 132 cm³/mol. The molecule has 1 aliphatic heterocycles. The van der Waals surface area contributed by atoms with Gasteiger partial charge in [0.15, 0.2) is 17.3 Å². The van der Waals surface area contributed by atoms with Crippen LogP contribution in [0.4, 0.5) is 0 Å². The largest absolute Gasteiger partial charge is 0.493 e. The molecule has 8 heteroatoms. The molecule has 2 heterocycles. The molecule has 1 atom stereocenters. The molecule has 33 heavy (non-hydrogen) atoms. The molecule has 0 saturated carbocycles. The molecule has 0 saturated heterocycles.